The van der Waals surface area contributed by atoms with Gasteiger partial charge in [0.15, 0.2) is 0 Å². The average Bonchev–Trinajstić information content (AvgIpc) is 2.36. The molecule has 1 rings (SSSR count). The molecule has 0 aliphatic rings. The first-order chi connectivity index (χ1) is 8.52. The molecule has 0 saturated heterocycles. The quantitative estimate of drug-likeness (QED) is 0.812. The van der Waals surface area contributed by atoms with E-state index in [9.17, 15) is 4.79 Å². The summed E-state index contributed by atoms with van der Waals surface area (Å²) in [5.74, 6) is 0.497. The van der Waals surface area contributed by atoms with E-state index in [1.807, 2.05) is 12.1 Å². The Morgan fingerprint density at radius 2 is 1.89 bits per heavy atom. The zero-order valence-corrected chi connectivity index (χ0v) is 11.4. The van der Waals surface area contributed by atoms with E-state index < -0.39 is 6.10 Å². The number of aliphatic hydroxyl groups is 1. The number of rotatable bonds is 6. The van der Waals surface area contributed by atoms with Crippen LogP contribution in [0, 0.1) is 0 Å². The first-order valence-electron chi connectivity index (χ1n) is 6.60. The maximum atomic E-state index is 11.6. The van der Waals surface area contributed by atoms with Gasteiger partial charge >= 0.3 is 0 Å². The van der Waals surface area contributed by atoms with Gasteiger partial charge in [-0.1, -0.05) is 26.0 Å². The van der Waals surface area contributed by atoms with E-state index in [1.54, 1.807) is 6.92 Å². The topological polar surface area (TPSA) is 49.3 Å². The van der Waals surface area contributed by atoms with Gasteiger partial charge in [0.1, 0.15) is 0 Å². The first-order valence-corrected chi connectivity index (χ1v) is 6.60. The maximum Gasteiger partial charge on any atom is 0.224 e. The van der Waals surface area contributed by atoms with Crippen LogP contribution in [-0.2, 0) is 4.79 Å². The fourth-order valence-corrected chi connectivity index (χ4v) is 1.69. The van der Waals surface area contributed by atoms with Gasteiger partial charge in [0.05, 0.1) is 6.10 Å². The highest BCUT2D eigenvalue weighted by molar-refractivity contribution is 5.90. The number of hydrogen-bond acceptors (Lipinski definition) is 2. The maximum absolute atomic E-state index is 11.6. The number of aliphatic hydroxyl groups excluding tert-OH is 1. The van der Waals surface area contributed by atoms with Gasteiger partial charge in [0.2, 0.25) is 5.91 Å². The van der Waals surface area contributed by atoms with Gasteiger partial charge in [-0.3, -0.25) is 4.79 Å². The van der Waals surface area contributed by atoms with Crippen molar-refractivity contribution in [1.82, 2.24) is 0 Å². The highest BCUT2D eigenvalue weighted by Gasteiger charge is 2.06. The van der Waals surface area contributed by atoms with E-state index in [0.29, 0.717) is 18.8 Å². The molecule has 100 valence electrons. The second-order valence-electron chi connectivity index (χ2n) is 4.87. The summed E-state index contributed by atoms with van der Waals surface area (Å²) in [6.45, 7) is 6.04. The SMILES string of the molecule is CCC(C)c1ccc(NC(=O)CCC(C)O)cc1. The van der Waals surface area contributed by atoms with Gasteiger partial charge in [-0.15, -0.1) is 0 Å². The van der Waals surface area contributed by atoms with E-state index >= 15 is 0 Å². The summed E-state index contributed by atoms with van der Waals surface area (Å²) in [5, 5.41) is 11.9. The van der Waals surface area contributed by atoms with Crippen LogP contribution in [0.15, 0.2) is 24.3 Å². The standard InChI is InChI=1S/C15H23NO2/c1-4-11(2)13-6-8-14(9-7-13)16-15(18)10-5-12(3)17/h6-9,11-12,17H,4-5,10H2,1-3H3,(H,16,18). The van der Waals surface area contributed by atoms with E-state index in [4.69, 9.17) is 5.11 Å². The fourth-order valence-electron chi connectivity index (χ4n) is 1.69. The monoisotopic (exact) mass is 249 g/mol. The minimum Gasteiger partial charge on any atom is -0.393 e. The zero-order chi connectivity index (χ0) is 13.5. The first kappa shape index (κ1) is 14.7. The Bertz CT molecular complexity index is 371. The van der Waals surface area contributed by atoms with Gasteiger partial charge < -0.3 is 10.4 Å². The lowest BCUT2D eigenvalue weighted by Crippen LogP contribution is -2.14. The van der Waals surface area contributed by atoms with Crippen molar-refractivity contribution >= 4 is 11.6 Å². The molecule has 18 heavy (non-hydrogen) atoms. The van der Waals surface area contributed by atoms with Crippen molar-refractivity contribution in [3.05, 3.63) is 29.8 Å². The highest BCUT2D eigenvalue weighted by Crippen LogP contribution is 2.20. The molecule has 1 aromatic rings. The largest absolute Gasteiger partial charge is 0.393 e. The van der Waals surface area contributed by atoms with Crippen molar-refractivity contribution in [2.45, 2.75) is 52.1 Å². The lowest BCUT2D eigenvalue weighted by atomic mass is 9.99. The molecule has 3 nitrogen and oxygen atoms in total. The molecule has 1 amide bonds. The molecule has 0 spiro atoms. The Hall–Kier alpha value is -1.35. The van der Waals surface area contributed by atoms with Crippen LogP contribution in [-0.4, -0.2) is 17.1 Å². The molecule has 0 fully saturated rings. The summed E-state index contributed by atoms with van der Waals surface area (Å²) in [4.78, 5) is 11.6. The third kappa shape index (κ3) is 4.88. The van der Waals surface area contributed by atoms with Crippen molar-refractivity contribution in [3.8, 4) is 0 Å². The Labute approximate surface area is 109 Å². The molecular formula is C15H23NO2. The van der Waals surface area contributed by atoms with Crippen LogP contribution in [0.1, 0.15) is 51.5 Å². The van der Waals surface area contributed by atoms with E-state index in [-0.39, 0.29) is 5.91 Å². The lowest BCUT2D eigenvalue weighted by Gasteiger charge is -2.10. The van der Waals surface area contributed by atoms with Crippen LogP contribution < -0.4 is 5.32 Å². The Morgan fingerprint density at radius 1 is 1.28 bits per heavy atom. The highest BCUT2D eigenvalue weighted by atomic mass is 16.3. The van der Waals surface area contributed by atoms with Gasteiger partial charge in [-0.25, -0.2) is 0 Å². The van der Waals surface area contributed by atoms with Crippen LogP contribution in [0.2, 0.25) is 0 Å². The second kappa shape index (κ2) is 7.17. The lowest BCUT2D eigenvalue weighted by molar-refractivity contribution is -0.116. The third-order valence-electron chi connectivity index (χ3n) is 3.17. The molecule has 0 aromatic heterocycles. The summed E-state index contributed by atoms with van der Waals surface area (Å²) in [7, 11) is 0. The number of carbonyl (C=O) groups is 1. The molecule has 0 aliphatic carbocycles. The van der Waals surface area contributed by atoms with Crippen LogP contribution >= 0.6 is 0 Å². The molecule has 0 aliphatic heterocycles. The average molecular weight is 249 g/mol. The van der Waals surface area contributed by atoms with Crippen molar-refractivity contribution in [3.63, 3.8) is 0 Å². The number of amides is 1. The summed E-state index contributed by atoms with van der Waals surface area (Å²) >= 11 is 0. The fraction of sp³-hybridized carbons (Fsp3) is 0.533. The third-order valence-corrected chi connectivity index (χ3v) is 3.17. The van der Waals surface area contributed by atoms with Gasteiger partial charge in [-0.2, -0.15) is 0 Å². The van der Waals surface area contributed by atoms with E-state index in [0.717, 1.165) is 12.1 Å². The number of anilines is 1. The van der Waals surface area contributed by atoms with E-state index in [1.165, 1.54) is 5.56 Å². The van der Waals surface area contributed by atoms with Crippen LogP contribution in [0.3, 0.4) is 0 Å². The number of benzene rings is 1. The molecule has 0 bridgehead atoms. The normalized spacial score (nSPS) is 14.0. The molecular weight excluding hydrogens is 226 g/mol. The molecule has 2 N–H and O–H groups in total. The van der Waals surface area contributed by atoms with E-state index in [2.05, 4.69) is 31.3 Å². The van der Waals surface area contributed by atoms with Crippen LogP contribution in [0.4, 0.5) is 5.69 Å². The number of carbonyl (C=O) groups excluding carboxylic acids is 1. The molecule has 0 radical (unpaired) electrons. The number of nitrogens with one attached hydrogen (secondary N) is 1. The minimum atomic E-state index is -0.427. The molecule has 3 heteroatoms. The van der Waals surface area contributed by atoms with Gasteiger partial charge in [-0.05, 0) is 43.4 Å². The smallest absolute Gasteiger partial charge is 0.224 e. The minimum absolute atomic E-state index is 0.0489. The number of hydrogen-bond donors (Lipinski definition) is 2. The molecule has 0 saturated carbocycles. The van der Waals surface area contributed by atoms with Crippen molar-refractivity contribution in [2.75, 3.05) is 5.32 Å². The Kier molecular flexibility index (Phi) is 5.86. The second-order valence-corrected chi connectivity index (χ2v) is 4.87. The summed E-state index contributed by atoms with van der Waals surface area (Å²) < 4.78 is 0. The van der Waals surface area contributed by atoms with Crippen molar-refractivity contribution in [2.24, 2.45) is 0 Å². The molecule has 0 heterocycles. The molecule has 2 atom stereocenters. The van der Waals surface area contributed by atoms with Crippen LogP contribution in [0.5, 0.6) is 0 Å². The molecule has 1 aromatic carbocycles. The van der Waals surface area contributed by atoms with Gasteiger partial charge in [0.25, 0.3) is 0 Å². The summed E-state index contributed by atoms with van der Waals surface area (Å²) in [6.07, 6.45) is 1.53. The van der Waals surface area contributed by atoms with Crippen molar-refractivity contribution < 1.29 is 9.90 Å². The predicted molar refractivity (Wildman–Crippen MR) is 74.7 cm³/mol. The zero-order valence-electron chi connectivity index (χ0n) is 11.4. The molecule has 2 unspecified atom stereocenters. The summed E-state index contributed by atoms with van der Waals surface area (Å²) in [6, 6.07) is 7.97. The Morgan fingerprint density at radius 3 is 2.39 bits per heavy atom. The van der Waals surface area contributed by atoms with Gasteiger partial charge in [0, 0.05) is 12.1 Å². The Balaban J connectivity index is 2.50. The summed E-state index contributed by atoms with van der Waals surface area (Å²) in [5.41, 5.74) is 2.11. The predicted octanol–water partition coefficient (Wildman–Crippen LogP) is 3.30. The van der Waals surface area contributed by atoms with Crippen LogP contribution in [0.25, 0.3) is 0 Å². The van der Waals surface area contributed by atoms with Crippen molar-refractivity contribution in [1.29, 1.82) is 0 Å².